The number of hydrogen-bond donors (Lipinski definition) is 3. The van der Waals surface area contributed by atoms with Gasteiger partial charge >= 0.3 is 0 Å². The number of thiazole rings is 1. The summed E-state index contributed by atoms with van der Waals surface area (Å²) in [6.07, 6.45) is 0. The molecule has 0 radical (unpaired) electrons. The third kappa shape index (κ3) is 2.79. The first-order valence-corrected chi connectivity index (χ1v) is 6.30. The molecule has 0 atom stereocenters. The molecule has 1 aromatic heterocycles. The number of hydrazine groups is 1. The van der Waals surface area contributed by atoms with E-state index in [1.807, 2.05) is 12.1 Å². The van der Waals surface area contributed by atoms with Crippen molar-refractivity contribution < 1.29 is 4.79 Å². The highest BCUT2D eigenvalue weighted by Gasteiger charge is 2.14. The number of amides is 1. The number of carbonyl (C=O) groups is 1. The van der Waals surface area contributed by atoms with E-state index in [0.29, 0.717) is 20.7 Å². The maximum Gasteiger partial charge on any atom is 0.277 e. The molecule has 2 aromatic rings. The van der Waals surface area contributed by atoms with Crippen molar-refractivity contribution in [2.75, 3.05) is 5.32 Å². The summed E-state index contributed by atoms with van der Waals surface area (Å²) in [5.41, 5.74) is 3.54. The monoisotopic (exact) mass is 282 g/mol. The molecular weight excluding hydrogens is 272 g/mol. The smallest absolute Gasteiger partial charge is 0.277 e. The number of benzene rings is 1. The number of nitrogens with one attached hydrogen (secondary N) is 2. The van der Waals surface area contributed by atoms with E-state index in [0.717, 1.165) is 5.69 Å². The van der Waals surface area contributed by atoms with Crippen molar-refractivity contribution in [3.8, 4) is 0 Å². The number of carbonyl (C=O) groups excluding carboxylic acids is 1. The summed E-state index contributed by atoms with van der Waals surface area (Å²) < 4.78 is 0. The van der Waals surface area contributed by atoms with Gasteiger partial charge in [0.15, 0.2) is 5.13 Å². The minimum absolute atomic E-state index is 0.343. The van der Waals surface area contributed by atoms with E-state index in [-0.39, 0.29) is 5.91 Å². The van der Waals surface area contributed by atoms with Gasteiger partial charge in [-0.1, -0.05) is 29.0 Å². The maximum atomic E-state index is 11.4. The number of nitrogen functional groups attached to an aromatic ring is 1. The number of aromatic nitrogens is 1. The van der Waals surface area contributed by atoms with Crippen molar-refractivity contribution in [1.29, 1.82) is 0 Å². The van der Waals surface area contributed by atoms with Crippen LogP contribution in [0.1, 0.15) is 15.4 Å². The highest BCUT2D eigenvalue weighted by Crippen LogP contribution is 2.26. The number of nitrogens with two attached hydrogens (primary N) is 1. The van der Waals surface area contributed by atoms with Crippen molar-refractivity contribution in [3.63, 3.8) is 0 Å². The van der Waals surface area contributed by atoms with Crippen LogP contribution in [0.2, 0.25) is 5.02 Å². The molecule has 5 nitrogen and oxygen atoms in total. The predicted molar refractivity (Wildman–Crippen MR) is 73.2 cm³/mol. The van der Waals surface area contributed by atoms with Gasteiger partial charge in [0.1, 0.15) is 4.88 Å². The minimum atomic E-state index is -0.343. The van der Waals surface area contributed by atoms with Crippen LogP contribution in [0.3, 0.4) is 0 Å². The van der Waals surface area contributed by atoms with E-state index >= 15 is 0 Å². The van der Waals surface area contributed by atoms with Crippen LogP contribution in [-0.2, 0) is 0 Å². The molecular formula is C11H11ClN4OS. The Hall–Kier alpha value is -1.63. The fourth-order valence-corrected chi connectivity index (χ4v) is 2.50. The molecule has 1 aromatic carbocycles. The Morgan fingerprint density at radius 3 is 2.94 bits per heavy atom. The lowest BCUT2D eigenvalue weighted by atomic mass is 10.3. The zero-order valence-electron chi connectivity index (χ0n) is 9.53. The van der Waals surface area contributed by atoms with Crippen molar-refractivity contribution in [1.82, 2.24) is 10.4 Å². The summed E-state index contributed by atoms with van der Waals surface area (Å²) in [6.45, 7) is 1.75. The molecule has 0 unspecified atom stereocenters. The van der Waals surface area contributed by atoms with Crippen LogP contribution < -0.4 is 16.6 Å². The second kappa shape index (κ2) is 5.34. The van der Waals surface area contributed by atoms with E-state index in [2.05, 4.69) is 15.7 Å². The van der Waals surface area contributed by atoms with Crippen molar-refractivity contribution >= 4 is 39.7 Å². The highest BCUT2D eigenvalue weighted by molar-refractivity contribution is 7.17. The van der Waals surface area contributed by atoms with Gasteiger partial charge in [-0.3, -0.25) is 10.2 Å². The summed E-state index contributed by atoms with van der Waals surface area (Å²) >= 11 is 7.12. The first-order chi connectivity index (χ1) is 8.60. The average molecular weight is 283 g/mol. The normalized spacial score (nSPS) is 10.2. The van der Waals surface area contributed by atoms with Crippen molar-refractivity contribution in [3.05, 3.63) is 39.9 Å². The molecule has 0 saturated heterocycles. The molecule has 2 rings (SSSR count). The van der Waals surface area contributed by atoms with Crippen LogP contribution in [0.4, 0.5) is 10.8 Å². The Bertz CT molecular complexity index is 584. The molecule has 0 aliphatic heterocycles. The number of aryl methyl sites for hydroxylation is 1. The second-order valence-electron chi connectivity index (χ2n) is 3.54. The standard InChI is InChI=1S/C11H11ClN4OS/c1-6-9(10(17)16-13)18-11(14-6)15-8-4-2-3-7(12)5-8/h2-5H,13H2,1H3,(H,14,15)(H,16,17). The molecule has 1 heterocycles. The molecule has 0 aliphatic rings. The Morgan fingerprint density at radius 2 is 2.28 bits per heavy atom. The molecule has 0 aliphatic carbocycles. The van der Waals surface area contributed by atoms with Crippen molar-refractivity contribution in [2.24, 2.45) is 5.84 Å². The van der Waals surface area contributed by atoms with Crippen molar-refractivity contribution in [2.45, 2.75) is 6.92 Å². The topological polar surface area (TPSA) is 80.0 Å². The van der Waals surface area contributed by atoms with E-state index in [1.165, 1.54) is 11.3 Å². The molecule has 1 amide bonds. The first kappa shape index (κ1) is 12.8. The average Bonchev–Trinajstić information content (AvgIpc) is 2.69. The third-order valence-corrected chi connectivity index (χ3v) is 3.52. The Balaban J connectivity index is 2.23. The third-order valence-electron chi connectivity index (χ3n) is 2.21. The SMILES string of the molecule is Cc1nc(Nc2cccc(Cl)c2)sc1C(=O)NN. The lowest BCUT2D eigenvalue weighted by Crippen LogP contribution is -2.29. The van der Waals surface area contributed by atoms with E-state index in [9.17, 15) is 4.79 Å². The zero-order valence-corrected chi connectivity index (χ0v) is 11.1. The fraction of sp³-hybridized carbons (Fsp3) is 0.0909. The van der Waals surface area contributed by atoms with Crippen LogP contribution >= 0.6 is 22.9 Å². The van der Waals surface area contributed by atoms with Crippen LogP contribution in [0.15, 0.2) is 24.3 Å². The van der Waals surface area contributed by atoms with Crippen LogP contribution in [-0.4, -0.2) is 10.9 Å². The molecule has 94 valence electrons. The molecule has 0 fully saturated rings. The quantitative estimate of drug-likeness (QED) is 0.459. The summed E-state index contributed by atoms with van der Waals surface area (Å²) in [5.74, 6) is 4.75. The molecule has 4 N–H and O–H groups in total. The van der Waals surface area contributed by atoms with Gasteiger partial charge in [-0.25, -0.2) is 10.8 Å². The lowest BCUT2D eigenvalue weighted by Gasteiger charge is -2.01. The number of halogens is 1. The predicted octanol–water partition coefficient (Wildman–Crippen LogP) is 2.45. The van der Waals surface area contributed by atoms with Gasteiger partial charge in [0.25, 0.3) is 5.91 Å². The van der Waals surface area contributed by atoms with Crippen LogP contribution in [0, 0.1) is 6.92 Å². The number of anilines is 2. The van der Waals surface area contributed by atoms with Gasteiger partial charge < -0.3 is 5.32 Å². The first-order valence-electron chi connectivity index (χ1n) is 5.11. The highest BCUT2D eigenvalue weighted by atomic mass is 35.5. The second-order valence-corrected chi connectivity index (χ2v) is 4.98. The zero-order chi connectivity index (χ0) is 13.1. The van der Waals surface area contributed by atoms with Crippen LogP contribution in [0.5, 0.6) is 0 Å². The number of rotatable bonds is 3. The van der Waals surface area contributed by atoms with Gasteiger partial charge in [-0.05, 0) is 25.1 Å². The summed E-state index contributed by atoms with van der Waals surface area (Å²) in [5, 5.41) is 4.34. The Kier molecular flexibility index (Phi) is 3.81. The number of hydrogen-bond acceptors (Lipinski definition) is 5. The maximum absolute atomic E-state index is 11.4. The van der Waals surface area contributed by atoms with Crippen LogP contribution in [0.25, 0.3) is 0 Å². The lowest BCUT2D eigenvalue weighted by molar-refractivity contribution is 0.0957. The van der Waals surface area contributed by atoms with E-state index in [1.54, 1.807) is 19.1 Å². The van der Waals surface area contributed by atoms with Gasteiger partial charge in [0, 0.05) is 10.7 Å². The van der Waals surface area contributed by atoms with Gasteiger partial charge in [-0.2, -0.15) is 0 Å². The fourth-order valence-electron chi connectivity index (χ4n) is 1.42. The molecule has 18 heavy (non-hydrogen) atoms. The Labute approximate surface area is 113 Å². The number of nitrogens with zero attached hydrogens (tertiary/aromatic N) is 1. The molecule has 0 spiro atoms. The van der Waals surface area contributed by atoms with Gasteiger partial charge in [0.2, 0.25) is 0 Å². The van der Waals surface area contributed by atoms with Gasteiger partial charge in [-0.15, -0.1) is 0 Å². The summed E-state index contributed by atoms with van der Waals surface area (Å²) in [6, 6.07) is 7.26. The minimum Gasteiger partial charge on any atom is -0.331 e. The molecule has 0 saturated carbocycles. The molecule has 7 heteroatoms. The van der Waals surface area contributed by atoms with E-state index < -0.39 is 0 Å². The summed E-state index contributed by atoms with van der Waals surface area (Å²) in [7, 11) is 0. The largest absolute Gasteiger partial charge is 0.331 e. The molecule has 0 bridgehead atoms. The summed E-state index contributed by atoms with van der Waals surface area (Å²) in [4.78, 5) is 16.2. The Morgan fingerprint density at radius 1 is 1.50 bits per heavy atom. The van der Waals surface area contributed by atoms with E-state index in [4.69, 9.17) is 17.4 Å². The van der Waals surface area contributed by atoms with Gasteiger partial charge in [0.05, 0.1) is 5.69 Å².